The van der Waals surface area contributed by atoms with E-state index in [1.165, 1.54) is 30.2 Å². The third-order valence-electron chi connectivity index (χ3n) is 5.42. The number of benzene rings is 3. The largest absolute Gasteiger partial charge is 0.492 e. The molecular formula is C27H22FN5O2S. The fraction of sp³-hybridized carbons (Fsp3) is 0.111. The predicted molar refractivity (Wildman–Crippen MR) is 138 cm³/mol. The lowest BCUT2D eigenvalue weighted by molar-refractivity contribution is -0.115. The van der Waals surface area contributed by atoms with Crippen molar-refractivity contribution in [2.24, 2.45) is 0 Å². The number of nitrogens with one attached hydrogen (secondary N) is 1. The zero-order valence-electron chi connectivity index (χ0n) is 19.3. The van der Waals surface area contributed by atoms with Crippen molar-refractivity contribution < 1.29 is 13.9 Å². The minimum absolute atomic E-state index is 0.212. The highest BCUT2D eigenvalue weighted by molar-refractivity contribution is 8.00. The molecule has 9 heteroatoms. The van der Waals surface area contributed by atoms with Gasteiger partial charge in [-0.15, -0.1) is 0 Å². The Morgan fingerprint density at radius 1 is 1.03 bits per heavy atom. The molecule has 0 saturated carbocycles. The van der Waals surface area contributed by atoms with Gasteiger partial charge in [-0.3, -0.25) is 4.79 Å². The van der Waals surface area contributed by atoms with Crippen LogP contribution < -0.4 is 10.1 Å². The number of amides is 1. The van der Waals surface area contributed by atoms with Crippen molar-refractivity contribution in [3.8, 4) is 11.4 Å². The van der Waals surface area contributed by atoms with Crippen LogP contribution in [0.5, 0.6) is 5.75 Å². The molecule has 0 spiro atoms. The predicted octanol–water partition coefficient (Wildman–Crippen LogP) is 5.83. The first-order valence-electron chi connectivity index (χ1n) is 11.3. The molecule has 2 aromatic heterocycles. The fourth-order valence-electron chi connectivity index (χ4n) is 3.75. The molecule has 0 unspecified atom stereocenters. The highest BCUT2D eigenvalue weighted by Gasteiger charge is 2.25. The van der Waals surface area contributed by atoms with E-state index in [0.29, 0.717) is 39.8 Å². The molecule has 5 rings (SSSR count). The molecule has 5 aromatic rings. The molecule has 1 N–H and O–H groups in total. The number of carbonyl (C=O) groups is 1. The van der Waals surface area contributed by atoms with Gasteiger partial charge in [0.05, 0.1) is 29.6 Å². The molecule has 0 aliphatic heterocycles. The molecule has 0 bridgehead atoms. The second-order valence-electron chi connectivity index (χ2n) is 7.78. The van der Waals surface area contributed by atoms with Crippen LogP contribution >= 0.6 is 11.8 Å². The number of anilines is 1. The van der Waals surface area contributed by atoms with Crippen molar-refractivity contribution >= 4 is 34.4 Å². The maximum Gasteiger partial charge on any atom is 0.242 e. The Morgan fingerprint density at radius 3 is 2.56 bits per heavy atom. The molecule has 36 heavy (non-hydrogen) atoms. The maximum atomic E-state index is 13.6. The van der Waals surface area contributed by atoms with Crippen molar-refractivity contribution in [3.05, 3.63) is 103 Å². The Balaban J connectivity index is 1.49. The van der Waals surface area contributed by atoms with E-state index in [2.05, 4.69) is 20.4 Å². The number of carbonyl (C=O) groups excluding carboxylic acids is 1. The Bertz CT molecular complexity index is 1490. The van der Waals surface area contributed by atoms with E-state index in [1.54, 1.807) is 23.0 Å². The molecule has 1 atom stereocenters. The third-order valence-corrected chi connectivity index (χ3v) is 6.69. The number of aromatic nitrogens is 4. The molecular weight excluding hydrogens is 477 g/mol. The van der Waals surface area contributed by atoms with E-state index in [9.17, 15) is 9.18 Å². The quantitative estimate of drug-likeness (QED) is 0.214. The van der Waals surface area contributed by atoms with Gasteiger partial charge in [0.2, 0.25) is 5.91 Å². The van der Waals surface area contributed by atoms with Gasteiger partial charge in [0.1, 0.15) is 28.2 Å². The summed E-state index contributed by atoms with van der Waals surface area (Å²) in [6.45, 7) is 2.38. The molecule has 0 aliphatic carbocycles. The maximum absolute atomic E-state index is 13.6. The van der Waals surface area contributed by atoms with E-state index >= 15 is 0 Å². The first-order valence-corrected chi connectivity index (χ1v) is 12.2. The van der Waals surface area contributed by atoms with Crippen LogP contribution in [0.1, 0.15) is 17.7 Å². The normalized spacial score (nSPS) is 11.8. The zero-order chi connectivity index (χ0) is 24.9. The van der Waals surface area contributed by atoms with Gasteiger partial charge in [0, 0.05) is 0 Å². The van der Waals surface area contributed by atoms with E-state index in [-0.39, 0.29) is 11.7 Å². The fourth-order valence-corrected chi connectivity index (χ4v) is 4.81. The Morgan fingerprint density at radius 2 is 1.78 bits per heavy atom. The molecule has 180 valence electrons. The smallest absolute Gasteiger partial charge is 0.242 e. The Labute approximate surface area is 211 Å². The van der Waals surface area contributed by atoms with Crippen LogP contribution in [0.15, 0.2) is 96.4 Å². The van der Waals surface area contributed by atoms with Crippen LogP contribution in [0.25, 0.3) is 16.7 Å². The van der Waals surface area contributed by atoms with Gasteiger partial charge in [-0.05, 0) is 48.9 Å². The average molecular weight is 500 g/mol. The summed E-state index contributed by atoms with van der Waals surface area (Å²) in [5, 5.41) is 8.15. The number of fused-ring (bicyclic) bond motifs is 1. The summed E-state index contributed by atoms with van der Waals surface area (Å²) in [4.78, 5) is 22.4. The number of thioether (sulfide) groups is 1. The highest BCUT2D eigenvalue weighted by atomic mass is 32.2. The van der Waals surface area contributed by atoms with E-state index in [1.807, 2.05) is 61.5 Å². The van der Waals surface area contributed by atoms with Crippen molar-refractivity contribution in [2.75, 3.05) is 11.9 Å². The lowest BCUT2D eigenvalue weighted by Crippen LogP contribution is -2.19. The molecule has 3 aromatic carbocycles. The van der Waals surface area contributed by atoms with Gasteiger partial charge in [0.25, 0.3) is 0 Å². The van der Waals surface area contributed by atoms with Crippen LogP contribution in [0.2, 0.25) is 0 Å². The van der Waals surface area contributed by atoms with Gasteiger partial charge < -0.3 is 10.1 Å². The molecule has 1 amide bonds. The zero-order valence-corrected chi connectivity index (χ0v) is 20.2. The second kappa shape index (κ2) is 10.6. The molecule has 0 fully saturated rings. The summed E-state index contributed by atoms with van der Waals surface area (Å²) >= 11 is 1.31. The first kappa shape index (κ1) is 23.5. The number of hydrogen-bond donors (Lipinski definition) is 1. The number of halogens is 1. The number of hydrogen-bond acceptors (Lipinski definition) is 6. The Hall–Kier alpha value is -4.24. The second-order valence-corrected chi connectivity index (χ2v) is 8.87. The number of rotatable bonds is 8. The minimum atomic E-state index is -0.604. The summed E-state index contributed by atoms with van der Waals surface area (Å²) in [7, 11) is 0. The SMILES string of the molecule is CCOc1ccccc1NC(=O)[C@@H](Sc1ncnc2c1cnn2-c1ccc(F)cc1)c1ccccc1. The number of para-hydroxylation sites is 2. The van der Waals surface area contributed by atoms with Crippen molar-refractivity contribution in [2.45, 2.75) is 17.2 Å². The van der Waals surface area contributed by atoms with E-state index in [4.69, 9.17) is 4.74 Å². The number of nitrogens with zero attached hydrogens (tertiary/aromatic N) is 4. The molecule has 0 radical (unpaired) electrons. The van der Waals surface area contributed by atoms with Gasteiger partial charge >= 0.3 is 0 Å². The summed E-state index contributed by atoms with van der Waals surface area (Å²) < 4.78 is 20.7. The van der Waals surface area contributed by atoms with Gasteiger partial charge in [-0.1, -0.05) is 54.2 Å². The molecule has 2 heterocycles. The summed E-state index contributed by atoms with van der Waals surface area (Å²) in [5.74, 6) is 0.0647. The van der Waals surface area contributed by atoms with E-state index in [0.717, 1.165) is 5.56 Å². The van der Waals surface area contributed by atoms with Crippen molar-refractivity contribution in [1.29, 1.82) is 0 Å². The molecule has 7 nitrogen and oxygen atoms in total. The standard InChI is InChI=1S/C27H22FN5O2S/c1-2-35-23-11-7-6-10-22(23)32-26(34)24(18-8-4-3-5-9-18)36-27-21-16-31-33(25(21)29-17-30-27)20-14-12-19(28)13-15-20/h3-17,24H,2H2,1H3,(H,32,34)/t24-/m0/s1. The lowest BCUT2D eigenvalue weighted by Gasteiger charge is -2.18. The molecule has 0 saturated heterocycles. The first-order chi connectivity index (χ1) is 17.6. The monoisotopic (exact) mass is 499 g/mol. The lowest BCUT2D eigenvalue weighted by atomic mass is 10.1. The van der Waals surface area contributed by atoms with Gasteiger partial charge in [0.15, 0.2) is 5.65 Å². The highest BCUT2D eigenvalue weighted by Crippen LogP contribution is 2.39. The summed E-state index contributed by atoms with van der Waals surface area (Å²) in [6.07, 6.45) is 3.10. The van der Waals surface area contributed by atoms with Crippen LogP contribution in [0, 0.1) is 5.82 Å². The topological polar surface area (TPSA) is 81.9 Å². The Kier molecular flexibility index (Phi) is 6.90. The summed E-state index contributed by atoms with van der Waals surface area (Å²) in [5.41, 5.74) is 2.66. The van der Waals surface area contributed by atoms with Crippen LogP contribution in [0.4, 0.5) is 10.1 Å². The molecule has 0 aliphatic rings. The van der Waals surface area contributed by atoms with E-state index < -0.39 is 5.25 Å². The van der Waals surface area contributed by atoms with Crippen molar-refractivity contribution in [1.82, 2.24) is 19.7 Å². The van der Waals surface area contributed by atoms with Crippen LogP contribution in [0.3, 0.4) is 0 Å². The van der Waals surface area contributed by atoms with Crippen LogP contribution in [-0.4, -0.2) is 32.3 Å². The number of ether oxygens (including phenoxy) is 1. The third kappa shape index (κ3) is 4.92. The average Bonchev–Trinajstić information content (AvgIpc) is 3.34. The van der Waals surface area contributed by atoms with Gasteiger partial charge in [-0.2, -0.15) is 5.10 Å². The van der Waals surface area contributed by atoms with Crippen molar-refractivity contribution in [3.63, 3.8) is 0 Å². The van der Waals surface area contributed by atoms with Gasteiger partial charge in [-0.25, -0.2) is 19.0 Å². The summed E-state index contributed by atoms with van der Waals surface area (Å²) in [6, 6.07) is 22.9. The minimum Gasteiger partial charge on any atom is -0.492 e. The van der Waals surface area contributed by atoms with Crippen LogP contribution in [-0.2, 0) is 4.79 Å².